The van der Waals surface area contributed by atoms with E-state index in [-0.39, 0.29) is 11.4 Å². The Morgan fingerprint density at radius 3 is 2.71 bits per heavy atom. The molecule has 0 spiro atoms. The lowest BCUT2D eigenvalue weighted by atomic mass is 10.3. The van der Waals surface area contributed by atoms with Crippen LogP contribution in [0.4, 0.5) is 14.5 Å². The molecule has 1 aromatic carbocycles. The van der Waals surface area contributed by atoms with Crippen LogP contribution in [0.1, 0.15) is 10.5 Å². The highest BCUT2D eigenvalue weighted by atomic mass is 19.1. The number of nitrogens with zero attached hydrogens (tertiary/aromatic N) is 2. The maximum absolute atomic E-state index is 13.3. The molecule has 1 aromatic heterocycles. The monoisotopic (exact) mass is 293 g/mol. The molecule has 1 heterocycles. The molecule has 0 saturated carbocycles. The van der Waals surface area contributed by atoms with Gasteiger partial charge in [0.25, 0.3) is 5.91 Å². The summed E-state index contributed by atoms with van der Waals surface area (Å²) in [5, 5.41) is 2.15. The predicted molar refractivity (Wildman–Crippen MR) is 67.3 cm³/mol. The third kappa shape index (κ3) is 4.03. The number of amides is 1. The van der Waals surface area contributed by atoms with Gasteiger partial charge in [-0.3, -0.25) is 9.78 Å². The van der Waals surface area contributed by atoms with E-state index >= 15 is 0 Å². The van der Waals surface area contributed by atoms with Crippen LogP contribution in [-0.4, -0.2) is 28.5 Å². The van der Waals surface area contributed by atoms with Crippen molar-refractivity contribution in [3.63, 3.8) is 0 Å². The number of esters is 1. The fraction of sp³-hybridized carbons (Fsp3) is 0.0769. The lowest BCUT2D eigenvalue weighted by molar-refractivity contribution is -0.119. The molecule has 1 N–H and O–H groups in total. The van der Waals surface area contributed by atoms with Crippen molar-refractivity contribution in [3.05, 3.63) is 54.1 Å². The Bertz CT molecular complexity index is 665. The Labute approximate surface area is 117 Å². The van der Waals surface area contributed by atoms with Gasteiger partial charge in [-0.2, -0.15) is 0 Å². The van der Waals surface area contributed by atoms with Crippen LogP contribution in [0, 0.1) is 11.6 Å². The van der Waals surface area contributed by atoms with Crippen LogP contribution in [0.15, 0.2) is 36.8 Å². The van der Waals surface area contributed by atoms with Crippen LogP contribution in [0.2, 0.25) is 0 Å². The molecular formula is C13H9F2N3O3. The Morgan fingerprint density at radius 1 is 1.24 bits per heavy atom. The van der Waals surface area contributed by atoms with Crippen molar-refractivity contribution in [2.75, 3.05) is 11.9 Å². The molecule has 0 aliphatic heterocycles. The number of benzene rings is 1. The summed E-state index contributed by atoms with van der Waals surface area (Å²) in [7, 11) is 0. The van der Waals surface area contributed by atoms with Crippen molar-refractivity contribution < 1.29 is 23.1 Å². The Kier molecular flexibility index (Phi) is 4.50. The fourth-order valence-corrected chi connectivity index (χ4v) is 1.39. The van der Waals surface area contributed by atoms with E-state index in [1.807, 2.05) is 0 Å². The van der Waals surface area contributed by atoms with Crippen molar-refractivity contribution >= 4 is 17.6 Å². The Balaban J connectivity index is 1.89. The SMILES string of the molecule is O=C(COC(=O)c1cnccn1)Nc1ccc(F)cc1F. The van der Waals surface area contributed by atoms with Crippen LogP contribution in [0.3, 0.4) is 0 Å². The first-order valence-corrected chi connectivity index (χ1v) is 5.74. The number of nitrogens with one attached hydrogen (secondary N) is 1. The largest absolute Gasteiger partial charge is 0.451 e. The van der Waals surface area contributed by atoms with Gasteiger partial charge in [0.15, 0.2) is 12.3 Å². The number of hydrogen-bond acceptors (Lipinski definition) is 5. The second-order valence-corrected chi connectivity index (χ2v) is 3.84. The van der Waals surface area contributed by atoms with Crippen molar-refractivity contribution in [2.45, 2.75) is 0 Å². The van der Waals surface area contributed by atoms with E-state index in [0.717, 1.165) is 12.1 Å². The summed E-state index contributed by atoms with van der Waals surface area (Å²) in [6.45, 7) is -0.633. The zero-order valence-electron chi connectivity index (χ0n) is 10.5. The molecule has 0 aliphatic rings. The summed E-state index contributed by atoms with van der Waals surface area (Å²) in [6.07, 6.45) is 3.85. The van der Waals surface area contributed by atoms with E-state index in [0.29, 0.717) is 6.07 Å². The smallest absolute Gasteiger partial charge is 0.359 e. The first-order chi connectivity index (χ1) is 10.1. The second kappa shape index (κ2) is 6.51. The molecule has 0 saturated heterocycles. The standard InChI is InChI=1S/C13H9F2N3O3/c14-8-1-2-10(9(15)5-8)18-12(19)7-21-13(20)11-6-16-3-4-17-11/h1-6H,7H2,(H,18,19). The van der Waals surface area contributed by atoms with E-state index in [1.165, 1.54) is 18.6 Å². The van der Waals surface area contributed by atoms with Gasteiger partial charge in [0.2, 0.25) is 0 Å². The summed E-state index contributed by atoms with van der Waals surface area (Å²) in [5.41, 5.74) is -0.268. The first kappa shape index (κ1) is 14.5. The van der Waals surface area contributed by atoms with Gasteiger partial charge in [0.05, 0.1) is 11.9 Å². The lowest BCUT2D eigenvalue weighted by Crippen LogP contribution is -2.22. The number of hydrogen-bond donors (Lipinski definition) is 1. The van der Waals surface area contributed by atoms with Crippen LogP contribution >= 0.6 is 0 Å². The number of ether oxygens (including phenoxy) is 1. The minimum Gasteiger partial charge on any atom is -0.451 e. The molecule has 0 radical (unpaired) electrons. The predicted octanol–water partition coefficient (Wildman–Crippen LogP) is 1.55. The summed E-state index contributed by atoms with van der Waals surface area (Å²) in [4.78, 5) is 30.4. The average Bonchev–Trinajstić information content (AvgIpc) is 2.48. The fourth-order valence-electron chi connectivity index (χ4n) is 1.39. The molecule has 0 aliphatic carbocycles. The van der Waals surface area contributed by atoms with Crippen LogP contribution in [-0.2, 0) is 9.53 Å². The zero-order valence-corrected chi connectivity index (χ0v) is 10.5. The molecule has 2 rings (SSSR count). The molecule has 21 heavy (non-hydrogen) atoms. The van der Waals surface area contributed by atoms with Crippen molar-refractivity contribution in [1.29, 1.82) is 0 Å². The number of carbonyl (C=O) groups excluding carboxylic acids is 2. The molecule has 1 amide bonds. The molecule has 8 heteroatoms. The van der Waals surface area contributed by atoms with Gasteiger partial charge in [-0.25, -0.2) is 18.6 Å². The molecule has 0 atom stereocenters. The maximum atomic E-state index is 13.3. The normalized spacial score (nSPS) is 10.0. The Hall–Kier alpha value is -2.90. The topological polar surface area (TPSA) is 81.2 Å². The van der Waals surface area contributed by atoms with Crippen molar-refractivity contribution in [2.24, 2.45) is 0 Å². The highest BCUT2D eigenvalue weighted by Gasteiger charge is 2.13. The van der Waals surface area contributed by atoms with Gasteiger partial charge in [-0.1, -0.05) is 0 Å². The summed E-state index contributed by atoms with van der Waals surface area (Å²) >= 11 is 0. The van der Waals surface area contributed by atoms with Crippen LogP contribution in [0.25, 0.3) is 0 Å². The Morgan fingerprint density at radius 2 is 2.05 bits per heavy atom. The van der Waals surface area contributed by atoms with E-state index < -0.39 is 30.1 Å². The summed E-state index contributed by atoms with van der Waals surface area (Å²) < 4.78 is 30.7. The highest BCUT2D eigenvalue weighted by molar-refractivity contribution is 5.94. The molecule has 0 fully saturated rings. The molecule has 108 valence electrons. The second-order valence-electron chi connectivity index (χ2n) is 3.84. The third-order valence-corrected chi connectivity index (χ3v) is 2.31. The minimum atomic E-state index is -0.927. The molecule has 6 nitrogen and oxygen atoms in total. The van der Waals surface area contributed by atoms with E-state index in [4.69, 9.17) is 0 Å². The summed E-state index contributed by atoms with van der Waals surface area (Å²) in [6, 6.07) is 2.68. The number of aromatic nitrogens is 2. The van der Waals surface area contributed by atoms with Crippen LogP contribution in [0.5, 0.6) is 0 Å². The van der Waals surface area contributed by atoms with Crippen LogP contribution < -0.4 is 5.32 Å². The summed E-state index contributed by atoms with van der Waals surface area (Å²) in [5.74, 6) is -3.29. The number of anilines is 1. The van der Waals surface area contributed by atoms with Gasteiger partial charge in [0, 0.05) is 18.5 Å². The molecular weight excluding hydrogens is 284 g/mol. The molecule has 0 bridgehead atoms. The minimum absolute atomic E-state index is 0.0572. The lowest BCUT2D eigenvalue weighted by Gasteiger charge is -2.07. The highest BCUT2D eigenvalue weighted by Crippen LogP contribution is 2.14. The van der Waals surface area contributed by atoms with E-state index in [2.05, 4.69) is 20.0 Å². The van der Waals surface area contributed by atoms with E-state index in [1.54, 1.807) is 0 Å². The number of halogens is 2. The van der Waals surface area contributed by atoms with Gasteiger partial charge >= 0.3 is 5.97 Å². The first-order valence-electron chi connectivity index (χ1n) is 5.74. The van der Waals surface area contributed by atoms with Gasteiger partial charge < -0.3 is 10.1 Å². The van der Waals surface area contributed by atoms with Gasteiger partial charge in [-0.05, 0) is 12.1 Å². The number of rotatable bonds is 4. The van der Waals surface area contributed by atoms with Crippen molar-refractivity contribution in [1.82, 2.24) is 9.97 Å². The van der Waals surface area contributed by atoms with Gasteiger partial charge in [0.1, 0.15) is 11.6 Å². The third-order valence-electron chi connectivity index (χ3n) is 2.31. The quantitative estimate of drug-likeness (QED) is 0.865. The number of carbonyl (C=O) groups is 2. The van der Waals surface area contributed by atoms with Crippen molar-refractivity contribution in [3.8, 4) is 0 Å². The maximum Gasteiger partial charge on any atom is 0.359 e. The molecule has 2 aromatic rings. The average molecular weight is 293 g/mol. The van der Waals surface area contributed by atoms with E-state index in [9.17, 15) is 18.4 Å². The zero-order chi connectivity index (χ0) is 15.2. The van der Waals surface area contributed by atoms with Gasteiger partial charge in [-0.15, -0.1) is 0 Å². The molecule has 0 unspecified atom stereocenters.